The molecule has 0 atom stereocenters. The Balaban J connectivity index is 1.25. The Hall–Kier alpha value is -4.46. The Morgan fingerprint density at radius 3 is 2.50 bits per heavy atom. The molecule has 0 unspecified atom stereocenters. The summed E-state index contributed by atoms with van der Waals surface area (Å²) in [5.74, 6) is 0. The lowest BCUT2D eigenvalue weighted by Crippen LogP contribution is -2.49. The number of ether oxygens (including phenoxy) is 1. The first-order chi connectivity index (χ1) is 17.7. The maximum absolute atomic E-state index is 12.0. The molecule has 1 fully saturated rings. The van der Waals surface area contributed by atoms with Crippen molar-refractivity contribution >= 4 is 33.7 Å². The fraction of sp³-hybridized carbons (Fsp3) is 0.214. The van der Waals surface area contributed by atoms with E-state index < -0.39 is 0 Å². The van der Waals surface area contributed by atoms with Gasteiger partial charge in [-0.1, -0.05) is 12.1 Å². The second-order valence-electron chi connectivity index (χ2n) is 8.82. The number of nitrogens with zero attached hydrogens (tertiary/aromatic N) is 5. The van der Waals surface area contributed by atoms with Gasteiger partial charge in [-0.25, -0.2) is 9.78 Å². The van der Waals surface area contributed by atoms with Gasteiger partial charge in [0.05, 0.1) is 24.0 Å². The van der Waals surface area contributed by atoms with Crippen LogP contribution in [0.4, 0.5) is 10.5 Å². The molecule has 5 aromatic rings. The lowest BCUT2D eigenvalue weighted by molar-refractivity contribution is 0.105. The van der Waals surface area contributed by atoms with E-state index in [9.17, 15) is 4.79 Å². The van der Waals surface area contributed by atoms with E-state index in [0.29, 0.717) is 19.7 Å². The van der Waals surface area contributed by atoms with Crippen LogP contribution in [0.2, 0.25) is 0 Å². The van der Waals surface area contributed by atoms with Crippen molar-refractivity contribution in [1.82, 2.24) is 24.8 Å². The molecule has 1 aliphatic rings. The number of fused-ring (bicyclic) bond motifs is 3. The quantitative estimate of drug-likeness (QED) is 0.386. The van der Waals surface area contributed by atoms with Gasteiger partial charge in [-0.15, -0.1) is 0 Å². The van der Waals surface area contributed by atoms with E-state index in [1.807, 2.05) is 37.6 Å². The molecule has 36 heavy (non-hydrogen) atoms. The van der Waals surface area contributed by atoms with Crippen molar-refractivity contribution in [2.24, 2.45) is 0 Å². The van der Waals surface area contributed by atoms with Crippen molar-refractivity contribution in [3.05, 3.63) is 73.3 Å². The van der Waals surface area contributed by atoms with Gasteiger partial charge in [0.2, 0.25) is 0 Å². The van der Waals surface area contributed by atoms with E-state index in [1.54, 1.807) is 11.1 Å². The van der Waals surface area contributed by atoms with E-state index in [2.05, 4.69) is 56.3 Å². The molecule has 5 heterocycles. The predicted octanol–water partition coefficient (Wildman–Crippen LogP) is 5.12. The van der Waals surface area contributed by atoms with Crippen LogP contribution in [0.25, 0.3) is 44.3 Å². The number of carbonyl (C=O) groups excluding carboxylic acids is 1. The minimum Gasteiger partial charge on any atom is -0.450 e. The minimum absolute atomic E-state index is 0.226. The number of benzene rings is 1. The van der Waals surface area contributed by atoms with Crippen molar-refractivity contribution < 1.29 is 9.53 Å². The van der Waals surface area contributed by atoms with Crippen LogP contribution < -0.4 is 4.90 Å². The number of carbonyl (C=O) groups is 1. The highest BCUT2D eigenvalue weighted by molar-refractivity contribution is 6.07. The third kappa shape index (κ3) is 4.11. The molecule has 6 rings (SSSR count). The molecule has 1 aliphatic heterocycles. The predicted molar refractivity (Wildman–Crippen MR) is 141 cm³/mol. The highest BCUT2D eigenvalue weighted by Crippen LogP contribution is 2.31. The second kappa shape index (κ2) is 9.30. The summed E-state index contributed by atoms with van der Waals surface area (Å²) in [7, 11) is 0. The molecule has 1 saturated heterocycles. The molecule has 1 N–H and O–H groups in total. The number of aromatic amines is 1. The number of anilines is 1. The monoisotopic (exact) mass is 478 g/mol. The summed E-state index contributed by atoms with van der Waals surface area (Å²) >= 11 is 0. The number of hydrogen-bond acceptors (Lipinski definition) is 6. The van der Waals surface area contributed by atoms with Gasteiger partial charge in [-0.05, 0) is 48.9 Å². The number of nitrogens with one attached hydrogen (secondary N) is 1. The van der Waals surface area contributed by atoms with Crippen LogP contribution in [-0.2, 0) is 4.74 Å². The van der Waals surface area contributed by atoms with Crippen molar-refractivity contribution in [1.29, 1.82) is 0 Å². The highest BCUT2D eigenvalue weighted by atomic mass is 16.6. The van der Waals surface area contributed by atoms with E-state index in [4.69, 9.17) is 9.72 Å². The molecule has 0 saturated carbocycles. The van der Waals surface area contributed by atoms with E-state index in [-0.39, 0.29) is 6.09 Å². The summed E-state index contributed by atoms with van der Waals surface area (Å²) in [5, 5.41) is 2.15. The van der Waals surface area contributed by atoms with Crippen LogP contribution in [-0.4, -0.2) is 63.7 Å². The first-order valence-electron chi connectivity index (χ1n) is 12.1. The van der Waals surface area contributed by atoms with E-state index in [1.165, 1.54) is 0 Å². The van der Waals surface area contributed by atoms with Crippen molar-refractivity contribution in [3.63, 3.8) is 0 Å². The average molecular weight is 479 g/mol. The van der Waals surface area contributed by atoms with Gasteiger partial charge >= 0.3 is 6.09 Å². The number of aromatic nitrogens is 4. The van der Waals surface area contributed by atoms with Gasteiger partial charge < -0.3 is 19.5 Å². The van der Waals surface area contributed by atoms with Gasteiger partial charge in [0, 0.05) is 72.4 Å². The number of rotatable bonds is 4. The molecule has 8 nitrogen and oxygen atoms in total. The summed E-state index contributed by atoms with van der Waals surface area (Å²) in [6.07, 6.45) is 7.12. The first kappa shape index (κ1) is 22.0. The van der Waals surface area contributed by atoms with Gasteiger partial charge in [0.25, 0.3) is 0 Å². The third-order valence-electron chi connectivity index (χ3n) is 6.66. The molecular weight excluding hydrogens is 452 g/mol. The Bertz CT molecular complexity index is 1520. The van der Waals surface area contributed by atoms with Gasteiger partial charge in [0.1, 0.15) is 5.65 Å². The molecule has 1 amide bonds. The molecule has 8 heteroatoms. The van der Waals surface area contributed by atoms with Gasteiger partial charge in [-0.2, -0.15) is 0 Å². The largest absolute Gasteiger partial charge is 0.450 e. The SMILES string of the molecule is CCOC(=O)N1CCN(c2ccc(-c3cnc4[nH]c5cnc(-c6cccnc6)cc5c4c3)cc2)CC1. The number of H-pyrrole nitrogens is 1. The molecule has 0 spiro atoms. The van der Waals surface area contributed by atoms with Gasteiger partial charge in [0.15, 0.2) is 0 Å². The average Bonchev–Trinajstić information content (AvgIpc) is 3.31. The lowest BCUT2D eigenvalue weighted by Gasteiger charge is -2.35. The maximum Gasteiger partial charge on any atom is 0.409 e. The van der Waals surface area contributed by atoms with Crippen LogP contribution in [0.15, 0.2) is 73.3 Å². The summed E-state index contributed by atoms with van der Waals surface area (Å²) < 4.78 is 5.12. The molecule has 180 valence electrons. The Labute approximate surface area is 208 Å². The number of hydrogen-bond donors (Lipinski definition) is 1. The van der Waals surface area contributed by atoms with E-state index >= 15 is 0 Å². The van der Waals surface area contributed by atoms with Crippen molar-refractivity contribution in [2.45, 2.75) is 6.92 Å². The standard InChI is InChI=1S/C28H26N6O2/c1-2-36-28(35)34-12-10-33(11-13-34)22-7-5-19(6-8-22)21-14-24-23-15-25(20-4-3-9-29-16-20)30-18-26(23)32-27(24)31-17-21/h3-9,14-18H,2,10-13H2,1H3,(H,31,32). The normalized spacial score (nSPS) is 13.9. The number of pyridine rings is 3. The summed E-state index contributed by atoms with van der Waals surface area (Å²) in [5.41, 5.74) is 6.98. The van der Waals surface area contributed by atoms with Crippen molar-refractivity contribution in [3.8, 4) is 22.4 Å². The van der Waals surface area contributed by atoms with E-state index in [0.717, 1.165) is 63.1 Å². The summed E-state index contributed by atoms with van der Waals surface area (Å²) in [6, 6.07) is 16.7. The fourth-order valence-corrected chi connectivity index (χ4v) is 4.73. The second-order valence-corrected chi connectivity index (χ2v) is 8.82. The Morgan fingerprint density at radius 1 is 0.917 bits per heavy atom. The lowest BCUT2D eigenvalue weighted by atomic mass is 10.0. The molecule has 0 bridgehead atoms. The molecular formula is C28H26N6O2. The number of piperazine rings is 1. The summed E-state index contributed by atoms with van der Waals surface area (Å²) in [6.45, 7) is 5.14. The van der Waals surface area contributed by atoms with Crippen LogP contribution in [0, 0.1) is 0 Å². The zero-order chi connectivity index (χ0) is 24.5. The highest BCUT2D eigenvalue weighted by Gasteiger charge is 2.22. The topological polar surface area (TPSA) is 87.2 Å². The fourth-order valence-electron chi connectivity index (χ4n) is 4.73. The zero-order valence-corrected chi connectivity index (χ0v) is 20.0. The zero-order valence-electron chi connectivity index (χ0n) is 20.0. The van der Waals surface area contributed by atoms with Crippen LogP contribution in [0.3, 0.4) is 0 Å². The Kier molecular flexibility index (Phi) is 5.69. The first-order valence-corrected chi connectivity index (χ1v) is 12.1. The molecule has 4 aromatic heterocycles. The third-order valence-corrected chi connectivity index (χ3v) is 6.66. The number of amides is 1. The molecule has 0 aliphatic carbocycles. The smallest absolute Gasteiger partial charge is 0.409 e. The molecule has 0 radical (unpaired) electrons. The molecule has 1 aromatic carbocycles. The van der Waals surface area contributed by atoms with Gasteiger partial charge in [-0.3, -0.25) is 9.97 Å². The maximum atomic E-state index is 12.0. The van der Waals surface area contributed by atoms with Crippen LogP contribution >= 0.6 is 0 Å². The van der Waals surface area contributed by atoms with Crippen molar-refractivity contribution in [2.75, 3.05) is 37.7 Å². The Morgan fingerprint density at radius 2 is 1.75 bits per heavy atom. The van der Waals surface area contributed by atoms with Crippen LogP contribution in [0.1, 0.15) is 6.92 Å². The van der Waals surface area contributed by atoms with Crippen LogP contribution in [0.5, 0.6) is 0 Å². The minimum atomic E-state index is -0.226. The summed E-state index contributed by atoms with van der Waals surface area (Å²) in [4.78, 5) is 32.9.